The molecule has 1 heterocycles. The fraction of sp³-hybridized carbons (Fsp3) is 0.200. The number of para-hydroxylation sites is 1. The number of halogens is 3. The highest BCUT2D eigenvalue weighted by molar-refractivity contribution is 6.33. The average molecular weight is 422 g/mol. The van der Waals surface area contributed by atoms with E-state index in [-0.39, 0.29) is 21.8 Å². The van der Waals surface area contributed by atoms with Crippen molar-refractivity contribution in [1.82, 2.24) is 9.97 Å². The Morgan fingerprint density at radius 3 is 2.64 bits per heavy atom. The Labute approximate surface area is 172 Å². The molecule has 8 heteroatoms. The lowest BCUT2D eigenvalue weighted by molar-refractivity contribution is 0.107. The molecule has 1 aromatic heterocycles. The predicted octanol–water partition coefficient (Wildman–Crippen LogP) is 5.65. The highest BCUT2D eigenvalue weighted by Gasteiger charge is 2.13. The summed E-state index contributed by atoms with van der Waals surface area (Å²) in [6.07, 6.45) is 1.99. The summed E-state index contributed by atoms with van der Waals surface area (Å²) in [5.41, 5.74) is 1.24. The number of anilines is 2. The topological polar surface area (TPSA) is 56.3 Å². The Morgan fingerprint density at radius 1 is 1.00 bits per heavy atom. The van der Waals surface area contributed by atoms with Gasteiger partial charge in [-0.3, -0.25) is 0 Å². The quantitative estimate of drug-likeness (QED) is 0.357. The highest BCUT2D eigenvalue weighted by Crippen LogP contribution is 2.32. The fourth-order valence-electron chi connectivity index (χ4n) is 2.40. The van der Waals surface area contributed by atoms with Crippen LogP contribution in [-0.2, 0) is 11.3 Å². The van der Waals surface area contributed by atoms with Crippen molar-refractivity contribution in [2.75, 3.05) is 18.5 Å². The molecular formula is C20H18Cl2FN3O2. The van der Waals surface area contributed by atoms with Crippen molar-refractivity contribution in [3.05, 3.63) is 76.4 Å². The van der Waals surface area contributed by atoms with Gasteiger partial charge in [-0.1, -0.05) is 48.0 Å². The molecule has 0 aliphatic heterocycles. The fourth-order valence-corrected chi connectivity index (χ4v) is 2.68. The van der Waals surface area contributed by atoms with E-state index >= 15 is 0 Å². The lowest BCUT2D eigenvalue weighted by Gasteiger charge is -2.14. The van der Waals surface area contributed by atoms with Crippen LogP contribution in [0.1, 0.15) is 12.0 Å². The van der Waals surface area contributed by atoms with Crippen LogP contribution in [0.4, 0.5) is 15.9 Å². The summed E-state index contributed by atoms with van der Waals surface area (Å²) >= 11 is 11.8. The second kappa shape index (κ2) is 10.2. The van der Waals surface area contributed by atoms with Crippen LogP contribution in [0.15, 0.2) is 54.7 Å². The monoisotopic (exact) mass is 421 g/mol. The molecule has 0 radical (unpaired) electrons. The Hall–Kier alpha value is -2.41. The summed E-state index contributed by atoms with van der Waals surface area (Å²) < 4.78 is 25.6. The van der Waals surface area contributed by atoms with Gasteiger partial charge in [-0.2, -0.15) is 4.98 Å². The van der Waals surface area contributed by atoms with E-state index in [1.165, 1.54) is 12.3 Å². The van der Waals surface area contributed by atoms with Gasteiger partial charge >= 0.3 is 0 Å². The molecule has 28 heavy (non-hydrogen) atoms. The van der Waals surface area contributed by atoms with Crippen LogP contribution in [0.3, 0.4) is 0 Å². The molecule has 2 aromatic carbocycles. The number of hydrogen-bond donors (Lipinski definition) is 1. The first-order chi connectivity index (χ1) is 13.6. The molecule has 3 rings (SSSR count). The molecule has 5 nitrogen and oxygen atoms in total. The summed E-state index contributed by atoms with van der Waals surface area (Å²) in [6, 6.07) is 14.5. The molecule has 0 fully saturated rings. The van der Waals surface area contributed by atoms with Crippen LogP contribution >= 0.6 is 23.2 Å². The van der Waals surface area contributed by atoms with Crippen molar-refractivity contribution in [1.29, 1.82) is 0 Å². The molecule has 0 saturated heterocycles. The highest BCUT2D eigenvalue weighted by atomic mass is 35.5. The SMILES string of the molecule is Fc1cccc(OCCCOCc2ccccc2)c1Nc1nc(Cl)ncc1Cl. The van der Waals surface area contributed by atoms with Crippen LogP contribution < -0.4 is 10.1 Å². The van der Waals surface area contributed by atoms with Gasteiger partial charge in [-0.15, -0.1) is 0 Å². The van der Waals surface area contributed by atoms with E-state index in [1.807, 2.05) is 30.3 Å². The molecule has 3 aromatic rings. The summed E-state index contributed by atoms with van der Waals surface area (Å²) in [7, 11) is 0. The maximum absolute atomic E-state index is 14.3. The first-order valence-corrected chi connectivity index (χ1v) is 9.37. The molecule has 0 amide bonds. The van der Waals surface area contributed by atoms with Gasteiger partial charge in [0.05, 0.1) is 26.0 Å². The van der Waals surface area contributed by atoms with Crippen LogP contribution in [0.25, 0.3) is 0 Å². The van der Waals surface area contributed by atoms with Gasteiger partial charge in [0, 0.05) is 6.42 Å². The zero-order valence-corrected chi connectivity index (χ0v) is 16.4. The number of rotatable bonds is 9. The second-order valence-electron chi connectivity index (χ2n) is 5.81. The standard InChI is InChI=1S/C20H18Cl2FN3O2/c21-15-12-24-20(22)26-19(15)25-18-16(23)8-4-9-17(18)28-11-5-10-27-13-14-6-2-1-3-7-14/h1-4,6-9,12H,5,10-11,13H2,(H,24,25,26). The van der Waals surface area contributed by atoms with Crippen molar-refractivity contribution < 1.29 is 13.9 Å². The van der Waals surface area contributed by atoms with Crippen molar-refractivity contribution in [2.24, 2.45) is 0 Å². The molecule has 0 bridgehead atoms. The number of benzene rings is 2. The average Bonchev–Trinajstić information content (AvgIpc) is 2.70. The number of aromatic nitrogens is 2. The molecule has 0 atom stereocenters. The smallest absolute Gasteiger partial charge is 0.224 e. The second-order valence-corrected chi connectivity index (χ2v) is 6.56. The molecule has 0 aliphatic rings. The summed E-state index contributed by atoms with van der Waals surface area (Å²) in [5, 5.41) is 3.04. The van der Waals surface area contributed by atoms with Crippen LogP contribution in [-0.4, -0.2) is 23.2 Å². The summed E-state index contributed by atoms with van der Waals surface area (Å²) in [5.74, 6) is 0.0419. The van der Waals surface area contributed by atoms with Gasteiger partial charge in [0.1, 0.15) is 16.5 Å². The van der Waals surface area contributed by atoms with Crippen LogP contribution in [0.5, 0.6) is 5.75 Å². The number of ether oxygens (including phenoxy) is 2. The van der Waals surface area contributed by atoms with E-state index in [0.717, 1.165) is 5.56 Å². The maximum Gasteiger partial charge on any atom is 0.224 e. The van der Waals surface area contributed by atoms with Gasteiger partial charge < -0.3 is 14.8 Å². The molecule has 1 N–H and O–H groups in total. The van der Waals surface area contributed by atoms with E-state index in [4.69, 9.17) is 32.7 Å². The third-order valence-corrected chi connectivity index (χ3v) is 4.19. The number of hydrogen-bond acceptors (Lipinski definition) is 5. The van der Waals surface area contributed by atoms with Crippen molar-refractivity contribution in [3.8, 4) is 5.75 Å². The predicted molar refractivity (Wildman–Crippen MR) is 108 cm³/mol. The van der Waals surface area contributed by atoms with Gasteiger partial charge in [0.25, 0.3) is 0 Å². The number of nitrogens with one attached hydrogen (secondary N) is 1. The Bertz CT molecular complexity index is 913. The zero-order chi connectivity index (χ0) is 19.8. The van der Waals surface area contributed by atoms with Crippen molar-refractivity contribution >= 4 is 34.7 Å². The van der Waals surface area contributed by atoms with E-state index < -0.39 is 5.82 Å². The van der Waals surface area contributed by atoms with Crippen molar-refractivity contribution in [2.45, 2.75) is 13.0 Å². The third-order valence-electron chi connectivity index (χ3n) is 3.74. The molecular weight excluding hydrogens is 404 g/mol. The minimum atomic E-state index is -0.497. The summed E-state index contributed by atoms with van der Waals surface area (Å²) in [4.78, 5) is 7.74. The molecule has 146 valence electrons. The van der Waals surface area contributed by atoms with E-state index in [9.17, 15) is 4.39 Å². The van der Waals surface area contributed by atoms with Crippen molar-refractivity contribution in [3.63, 3.8) is 0 Å². The lowest BCUT2D eigenvalue weighted by Crippen LogP contribution is -2.06. The van der Waals surface area contributed by atoms with Gasteiger partial charge in [0.2, 0.25) is 5.28 Å². The number of nitrogens with zero attached hydrogens (tertiary/aromatic N) is 2. The van der Waals surface area contributed by atoms with Gasteiger partial charge in [-0.05, 0) is 29.3 Å². The maximum atomic E-state index is 14.3. The first-order valence-electron chi connectivity index (χ1n) is 8.61. The lowest BCUT2D eigenvalue weighted by atomic mass is 10.2. The van der Waals surface area contributed by atoms with Crippen LogP contribution in [0, 0.1) is 5.82 Å². The van der Waals surface area contributed by atoms with E-state index in [0.29, 0.717) is 32.0 Å². The Morgan fingerprint density at radius 2 is 1.82 bits per heavy atom. The van der Waals surface area contributed by atoms with Crippen LogP contribution in [0.2, 0.25) is 10.3 Å². The van der Waals surface area contributed by atoms with Gasteiger partial charge in [0.15, 0.2) is 11.6 Å². The van der Waals surface area contributed by atoms with E-state index in [1.54, 1.807) is 12.1 Å². The Balaban J connectivity index is 1.54. The molecule has 0 unspecified atom stereocenters. The Kier molecular flexibility index (Phi) is 7.42. The largest absolute Gasteiger partial charge is 0.491 e. The normalized spacial score (nSPS) is 10.7. The van der Waals surface area contributed by atoms with E-state index in [2.05, 4.69) is 15.3 Å². The zero-order valence-electron chi connectivity index (χ0n) is 14.9. The van der Waals surface area contributed by atoms with Gasteiger partial charge in [-0.25, -0.2) is 9.37 Å². The minimum Gasteiger partial charge on any atom is -0.491 e. The molecule has 0 spiro atoms. The third kappa shape index (κ3) is 5.79. The summed E-state index contributed by atoms with van der Waals surface area (Å²) in [6.45, 7) is 1.44. The molecule has 0 saturated carbocycles. The minimum absolute atomic E-state index is 0.00118. The first kappa shape index (κ1) is 20.3. The molecule has 0 aliphatic carbocycles.